The lowest BCUT2D eigenvalue weighted by Crippen LogP contribution is -2.15. The van der Waals surface area contributed by atoms with Crippen LogP contribution >= 0.6 is 0 Å². The molecule has 268 valence electrons. The van der Waals surface area contributed by atoms with Crippen LogP contribution in [0.3, 0.4) is 0 Å². The van der Waals surface area contributed by atoms with Crippen LogP contribution in [-0.4, -0.2) is 9.13 Å². The second kappa shape index (κ2) is 11.1. The highest BCUT2D eigenvalue weighted by Crippen LogP contribution is 2.53. The van der Waals surface area contributed by atoms with Crippen molar-refractivity contribution in [2.75, 3.05) is 0 Å². The molecule has 0 atom stereocenters. The first kappa shape index (κ1) is 31.9. The topological polar surface area (TPSA) is 9.86 Å². The molecule has 2 aromatic heterocycles. The summed E-state index contributed by atoms with van der Waals surface area (Å²) in [5.74, 6) is 0. The number of hydrogen-bond donors (Lipinski definition) is 0. The summed E-state index contributed by atoms with van der Waals surface area (Å²) < 4.78 is 5.01. The highest BCUT2D eigenvalue weighted by molar-refractivity contribution is 6.14. The van der Waals surface area contributed by atoms with Gasteiger partial charge in [-0.25, -0.2) is 0 Å². The van der Waals surface area contributed by atoms with Crippen molar-refractivity contribution in [3.8, 4) is 39.1 Å². The van der Waals surface area contributed by atoms with Crippen molar-refractivity contribution in [1.82, 2.24) is 9.13 Å². The SMILES string of the molecule is CC1(C)c2ccccc2-c2cc(-n3c4ccc(-c5ccc6c(c5)c5ccccc5n6C5=CC=CCC5)cc4c4cc5c(cc43)C(C)(C)c3ccccc3-5)ccc21. The summed E-state index contributed by atoms with van der Waals surface area (Å²) in [6.45, 7) is 9.50. The number of fused-ring (bicyclic) bond motifs is 12. The van der Waals surface area contributed by atoms with Crippen molar-refractivity contribution in [3.63, 3.8) is 0 Å². The second-order valence-electron chi connectivity index (χ2n) is 17.3. The van der Waals surface area contributed by atoms with E-state index in [1.165, 1.54) is 111 Å². The summed E-state index contributed by atoms with van der Waals surface area (Å²) in [4.78, 5) is 0. The van der Waals surface area contributed by atoms with Crippen LogP contribution in [0, 0.1) is 0 Å². The van der Waals surface area contributed by atoms with E-state index < -0.39 is 0 Å². The van der Waals surface area contributed by atoms with Crippen molar-refractivity contribution in [3.05, 3.63) is 180 Å². The lowest BCUT2D eigenvalue weighted by Gasteiger charge is -2.22. The Morgan fingerprint density at radius 1 is 0.429 bits per heavy atom. The Hall–Kier alpha value is -6.38. The molecule has 12 rings (SSSR count). The molecule has 2 nitrogen and oxygen atoms in total. The molecule has 0 saturated carbocycles. The summed E-state index contributed by atoms with van der Waals surface area (Å²) in [6, 6.07) is 53.3. The van der Waals surface area contributed by atoms with Gasteiger partial charge in [0.15, 0.2) is 0 Å². The summed E-state index contributed by atoms with van der Waals surface area (Å²) in [5.41, 5.74) is 21.0. The molecule has 0 unspecified atom stereocenters. The van der Waals surface area contributed by atoms with Gasteiger partial charge in [0.25, 0.3) is 0 Å². The van der Waals surface area contributed by atoms with Gasteiger partial charge in [0.1, 0.15) is 0 Å². The predicted molar refractivity (Wildman–Crippen MR) is 237 cm³/mol. The quantitative estimate of drug-likeness (QED) is 0.172. The van der Waals surface area contributed by atoms with Gasteiger partial charge in [0.05, 0.1) is 22.1 Å². The first-order valence-electron chi connectivity index (χ1n) is 20.2. The fourth-order valence-corrected chi connectivity index (χ4v) is 10.8. The average Bonchev–Trinajstić information content (AvgIpc) is 3.88. The highest BCUT2D eigenvalue weighted by Gasteiger charge is 2.37. The van der Waals surface area contributed by atoms with E-state index in [2.05, 4.69) is 195 Å². The molecular weight excluding hydrogens is 677 g/mol. The van der Waals surface area contributed by atoms with Gasteiger partial charge in [-0.1, -0.05) is 125 Å². The zero-order valence-corrected chi connectivity index (χ0v) is 32.3. The van der Waals surface area contributed by atoms with Crippen LogP contribution in [0.15, 0.2) is 158 Å². The van der Waals surface area contributed by atoms with Gasteiger partial charge in [-0.15, -0.1) is 0 Å². The lowest BCUT2D eigenvalue weighted by atomic mass is 9.82. The maximum atomic E-state index is 2.53. The minimum atomic E-state index is -0.0913. The summed E-state index contributed by atoms with van der Waals surface area (Å²) in [6.07, 6.45) is 8.88. The molecule has 3 aliphatic carbocycles. The van der Waals surface area contributed by atoms with E-state index in [0.29, 0.717) is 0 Å². The van der Waals surface area contributed by atoms with Gasteiger partial charge < -0.3 is 9.13 Å². The smallest absolute Gasteiger partial charge is 0.0544 e. The van der Waals surface area contributed by atoms with E-state index >= 15 is 0 Å². The molecule has 0 saturated heterocycles. The molecule has 56 heavy (non-hydrogen) atoms. The van der Waals surface area contributed by atoms with Crippen molar-refractivity contribution < 1.29 is 0 Å². The molecule has 0 bridgehead atoms. The molecule has 0 fully saturated rings. The fraction of sp³-hybridized carbons (Fsp3) is 0.148. The Bertz CT molecular complexity index is 3240. The van der Waals surface area contributed by atoms with E-state index in [1.54, 1.807) is 0 Å². The second-order valence-corrected chi connectivity index (χ2v) is 17.3. The van der Waals surface area contributed by atoms with E-state index in [9.17, 15) is 0 Å². The minimum Gasteiger partial charge on any atom is -0.313 e. The summed E-state index contributed by atoms with van der Waals surface area (Å²) >= 11 is 0. The number of hydrogen-bond acceptors (Lipinski definition) is 0. The molecule has 0 radical (unpaired) electrons. The molecule has 0 N–H and O–H groups in total. The number of nitrogens with zero attached hydrogens (tertiary/aromatic N) is 2. The van der Waals surface area contributed by atoms with Crippen LogP contribution in [0.25, 0.3) is 88.4 Å². The molecule has 0 aliphatic heterocycles. The molecule has 2 heteroatoms. The van der Waals surface area contributed by atoms with E-state index in [1.807, 2.05) is 0 Å². The standard InChI is InChI=1S/C54H42N2/c1-53(2)45-19-11-8-16-37(45)40-30-36(24-25-47(40)53)56-51-27-23-34(29-43(51)44-31-41-38-17-9-12-20-46(38)54(3,4)48(41)32-52(44)56)33-22-26-50-42(28-33)39-18-10-13-21-49(39)55(50)35-14-6-5-7-15-35/h5-6,8-14,16-32H,7,15H2,1-4H3. The van der Waals surface area contributed by atoms with Crippen molar-refractivity contribution >= 4 is 49.3 Å². The summed E-state index contributed by atoms with van der Waals surface area (Å²) in [5, 5.41) is 5.18. The van der Waals surface area contributed by atoms with Crippen LogP contribution in [0.2, 0.25) is 0 Å². The molecular formula is C54H42N2. The Morgan fingerprint density at radius 2 is 1.00 bits per heavy atom. The van der Waals surface area contributed by atoms with Gasteiger partial charge in [0, 0.05) is 43.8 Å². The number of aromatic nitrogens is 2. The normalized spacial score (nSPS) is 16.0. The first-order valence-corrected chi connectivity index (χ1v) is 20.2. The van der Waals surface area contributed by atoms with Crippen LogP contribution in [-0.2, 0) is 10.8 Å². The highest BCUT2D eigenvalue weighted by atomic mass is 15.0. The molecule has 7 aromatic carbocycles. The lowest BCUT2D eigenvalue weighted by molar-refractivity contribution is 0.660. The Morgan fingerprint density at radius 3 is 1.71 bits per heavy atom. The van der Waals surface area contributed by atoms with Crippen molar-refractivity contribution in [1.29, 1.82) is 0 Å². The number of allylic oxidation sites excluding steroid dienone is 4. The third-order valence-electron chi connectivity index (χ3n) is 13.6. The van der Waals surface area contributed by atoms with Crippen molar-refractivity contribution in [2.24, 2.45) is 0 Å². The van der Waals surface area contributed by atoms with Crippen LogP contribution in [0.1, 0.15) is 62.8 Å². The Kier molecular flexibility index (Phi) is 6.33. The molecule has 0 amide bonds. The monoisotopic (exact) mass is 718 g/mol. The predicted octanol–water partition coefficient (Wildman–Crippen LogP) is 14.4. The minimum absolute atomic E-state index is 0.0331. The van der Waals surface area contributed by atoms with Gasteiger partial charge >= 0.3 is 0 Å². The number of benzene rings is 7. The number of rotatable bonds is 3. The maximum absolute atomic E-state index is 2.53. The summed E-state index contributed by atoms with van der Waals surface area (Å²) in [7, 11) is 0. The van der Waals surface area contributed by atoms with Crippen molar-refractivity contribution in [2.45, 2.75) is 51.4 Å². The largest absolute Gasteiger partial charge is 0.313 e. The average molecular weight is 719 g/mol. The van der Waals surface area contributed by atoms with E-state index in [-0.39, 0.29) is 10.8 Å². The van der Waals surface area contributed by atoms with Crippen LogP contribution in [0.5, 0.6) is 0 Å². The van der Waals surface area contributed by atoms with Crippen LogP contribution < -0.4 is 0 Å². The maximum Gasteiger partial charge on any atom is 0.0544 e. The molecule has 0 spiro atoms. The van der Waals surface area contributed by atoms with Gasteiger partial charge in [-0.05, 0) is 129 Å². The zero-order valence-electron chi connectivity index (χ0n) is 32.3. The number of para-hydroxylation sites is 1. The Balaban J connectivity index is 1.11. The van der Waals surface area contributed by atoms with Gasteiger partial charge in [-0.3, -0.25) is 0 Å². The van der Waals surface area contributed by atoms with Gasteiger partial charge in [-0.2, -0.15) is 0 Å². The van der Waals surface area contributed by atoms with E-state index in [4.69, 9.17) is 0 Å². The molecule has 3 aliphatic rings. The zero-order chi connectivity index (χ0) is 37.5. The third kappa shape index (κ3) is 4.17. The Labute approximate surface area is 327 Å². The first-order chi connectivity index (χ1) is 27.3. The fourth-order valence-electron chi connectivity index (χ4n) is 10.8. The van der Waals surface area contributed by atoms with Gasteiger partial charge in [0.2, 0.25) is 0 Å². The van der Waals surface area contributed by atoms with Crippen LogP contribution in [0.4, 0.5) is 0 Å². The molecule has 2 heterocycles. The molecule has 9 aromatic rings. The van der Waals surface area contributed by atoms with E-state index in [0.717, 1.165) is 12.8 Å². The third-order valence-corrected chi connectivity index (χ3v) is 13.6.